The van der Waals surface area contributed by atoms with Crippen LogP contribution in [0.3, 0.4) is 0 Å². The molecular weight excluding hydrogens is 238 g/mol. The van der Waals surface area contributed by atoms with Crippen LogP contribution >= 0.6 is 0 Å². The second kappa shape index (κ2) is 13.9. The van der Waals surface area contributed by atoms with Gasteiger partial charge in [0, 0.05) is 19.6 Å². The predicted octanol–water partition coefficient (Wildman–Crippen LogP) is 3.65. The van der Waals surface area contributed by atoms with Gasteiger partial charge in [0.1, 0.15) is 0 Å². The number of rotatable bonds is 13. The minimum atomic E-state index is 0.129. The molecule has 0 bridgehead atoms. The molecule has 1 atom stereocenters. The molecule has 0 aromatic heterocycles. The lowest BCUT2D eigenvalue weighted by atomic mass is 10.0. The van der Waals surface area contributed by atoms with Crippen LogP contribution in [0.2, 0.25) is 0 Å². The second-order valence-corrected chi connectivity index (χ2v) is 5.65. The van der Waals surface area contributed by atoms with Gasteiger partial charge < -0.3 is 10.4 Å². The van der Waals surface area contributed by atoms with Crippen LogP contribution in [-0.4, -0.2) is 24.2 Å². The van der Waals surface area contributed by atoms with Gasteiger partial charge in [0.25, 0.3) is 0 Å². The van der Waals surface area contributed by atoms with Crippen LogP contribution < -0.4 is 5.32 Å². The van der Waals surface area contributed by atoms with E-state index in [-0.39, 0.29) is 18.4 Å². The van der Waals surface area contributed by atoms with Crippen molar-refractivity contribution in [3.05, 3.63) is 0 Å². The van der Waals surface area contributed by atoms with E-state index in [9.17, 15) is 4.79 Å². The highest BCUT2D eigenvalue weighted by Crippen LogP contribution is 2.08. The van der Waals surface area contributed by atoms with Crippen molar-refractivity contribution >= 4 is 5.91 Å². The molecule has 0 radical (unpaired) electrons. The molecule has 0 spiro atoms. The van der Waals surface area contributed by atoms with E-state index in [0.717, 1.165) is 13.0 Å². The Morgan fingerprint density at radius 3 is 2.21 bits per heavy atom. The van der Waals surface area contributed by atoms with Gasteiger partial charge in [-0.2, -0.15) is 0 Å². The molecule has 1 unspecified atom stereocenters. The summed E-state index contributed by atoms with van der Waals surface area (Å²) in [5.41, 5.74) is 0. The molecule has 0 saturated heterocycles. The Hall–Kier alpha value is -0.570. The highest BCUT2D eigenvalue weighted by atomic mass is 16.3. The van der Waals surface area contributed by atoms with Gasteiger partial charge in [-0.3, -0.25) is 4.79 Å². The Morgan fingerprint density at radius 1 is 1.05 bits per heavy atom. The fraction of sp³-hybridized carbons (Fsp3) is 0.938. The SMILES string of the molecule is CCCCCCCCCCNC(=O)CC(C)CCO. The van der Waals surface area contributed by atoms with Crippen LogP contribution in [0.15, 0.2) is 0 Å². The van der Waals surface area contributed by atoms with Crippen molar-refractivity contribution in [1.82, 2.24) is 5.32 Å². The number of hydrogen-bond donors (Lipinski definition) is 2. The van der Waals surface area contributed by atoms with Gasteiger partial charge in [0.15, 0.2) is 0 Å². The molecule has 0 aliphatic rings. The summed E-state index contributed by atoms with van der Waals surface area (Å²) in [7, 11) is 0. The first-order valence-electron chi connectivity index (χ1n) is 8.08. The predicted molar refractivity (Wildman–Crippen MR) is 81.1 cm³/mol. The van der Waals surface area contributed by atoms with Crippen LogP contribution in [0, 0.1) is 5.92 Å². The molecule has 3 heteroatoms. The van der Waals surface area contributed by atoms with Crippen LogP contribution in [0.4, 0.5) is 0 Å². The average Bonchev–Trinajstić information content (AvgIpc) is 2.37. The molecule has 3 nitrogen and oxygen atoms in total. The summed E-state index contributed by atoms with van der Waals surface area (Å²) in [5, 5.41) is 11.7. The molecule has 19 heavy (non-hydrogen) atoms. The summed E-state index contributed by atoms with van der Waals surface area (Å²) < 4.78 is 0. The van der Waals surface area contributed by atoms with Crippen molar-refractivity contribution in [1.29, 1.82) is 0 Å². The van der Waals surface area contributed by atoms with E-state index in [1.807, 2.05) is 6.92 Å². The second-order valence-electron chi connectivity index (χ2n) is 5.65. The van der Waals surface area contributed by atoms with E-state index in [0.29, 0.717) is 12.8 Å². The minimum absolute atomic E-state index is 0.129. The third kappa shape index (κ3) is 13.7. The zero-order valence-electron chi connectivity index (χ0n) is 12.9. The van der Waals surface area contributed by atoms with Gasteiger partial charge >= 0.3 is 0 Å². The largest absolute Gasteiger partial charge is 0.396 e. The molecule has 114 valence electrons. The van der Waals surface area contributed by atoms with E-state index in [1.54, 1.807) is 0 Å². The Bertz CT molecular complexity index is 207. The number of carbonyl (C=O) groups is 1. The normalized spacial score (nSPS) is 12.4. The number of aliphatic hydroxyl groups is 1. The highest BCUT2D eigenvalue weighted by molar-refractivity contribution is 5.76. The lowest BCUT2D eigenvalue weighted by Crippen LogP contribution is -2.26. The van der Waals surface area contributed by atoms with Gasteiger partial charge in [0.05, 0.1) is 0 Å². The van der Waals surface area contributed by atoms with Gasteiger partial charge in [-0.05, 0) is 18.8 Å². The highest BCUT2D eigenvalue weighted by Gasteiger charge is 2.07. The van der Waals surface area contributed by atoms with Gasteiger partial charge in [0.2, 0.25) is 5.91 Å². The van der Waals surface area contributed by atoms with Crippen LogP contribution in [-0.2, 0) is 4.79 Å². The lowest BCUT2D eigenvalue weighted by molar-refractivity contribution is -0.121. The average molecular weight is 271 g/mol. The van der Waals surface area contributed by atoms with E-state index in [4.69, 9.17) is 5.11 Å². The molecule has 2 N–H and O–H groups in total. The lowest BCUT2D eigenvalue weighted by Gasteiger charge is -2.10. The van der Waals surface area contributed by atoms with Crippen molar-refractivity contribution in [2.75, 3.05) is 13.2 Å². The third-order valence-electron chi connectivity index (χ3n) is 3.51. The van der Waals surface area contributed by atoms with Gasteiger partial charge in [-0.1, -0.05) is 58.8 Å². The van der Waals surface area contributed by atoms with E-state index in [1.165, 1.54) is 44.9 Å². The summed E-state index contributed by atoms with van der Waals surface area (Å²) in [5.74, 6) is 0.410. The molecule has 0 fully saturated rings. The number of hydrogen-bond acceptors (Lipinski definition) is 2. The van der Waals surface area contributed by atoms with Crippen molar-refractivity contribution in [3.63, 3.8) is 0 Å². The Morgan fingerprint density at radius 2 is 1.63 bits per heavy atom. The molecule has 0 aromatic rings. The summed E-state index contributed by atoms with van der Waals surface area (Å²) in [4.78, 5) is 11.5. The van der Waals surface area contributed by atoms with Crippen LogP contribution in [0.1, 0.15) is 78.1 Å². The Kier molecular flexibility index (Phi) is 13.4. The van der Waals surface area contributed by atoms with Gasteiger partial charge in [-0.15, -0.1) is 0 Å². The monoisotopic (exact) mass is 271 g/mol. The molecular formula is C16H33NO2. The van der Waals surface area contributed by atoms with Crippen LogP contribution in [0.5, 0.6) is 0 Å². The molecule has 0 aromatic carbocycles. The van der Waals surface area contributed by atoms with E-state index >= 15 is 0 Å². The maximum atomic E-state index is 11.5. The molecule has 0 aliphatic carbocycles. The smallest absolute Gasteiger partial charge is 0.220 e. The third-order valence-corrected chi connectivity index (χ3v) is 3.51. The standard InChI is InChI=1S/C16H33NO2/c1-3-4-5-6-7-8-9-10-12-17-16(19)14-15(2)11-13-18/h15,18H,3-14H2,1-2H3,(H,17,19). The van der Waals surface area contributed by atoms with Crippen molar-refractivity contribution in [3.8, 4) is 0 Å². The summed E-state index contributed by atoms with van der Waals surface area (Å²) in [6.07, 6.45) is 11.6. The Labute approximate surface area is 119 Å². The number of unbranched alkanes of at least 4 members (excludes halogenated alkanes) is 7. The zero-order chi connectivity index (χ0) is 14.3. The van der Waals surface area contributed by atoms with Crippen molar-refractivity contribution in [2.24, 2.45) is 5.92 Å². The number of carbonyl (C=O) groups excluding carboxylic acids is 1. The Balaban J connectivity index is 3.23. The zero-order valence-corrected chi connectivity index (χ0v) is 12.9. The number of amides is 1. The summed E-state index contributed by atoms with van der Waals surface area (Å²) in [6.45, 7) is 5.22. The number of aliphatic hydroxyl groups excluding tert-OH is 1. The minimum Gasteiger partial charge on any atom is -0.396 e. The summed E-state index contributed by atoms with van der Waals surface area (Å²) >= 11 is 0. The quantitative estimate of drug-likeness (QED) is 0.502. The molecule has 0 heterocycles. The first-order valence-corrected chi connectivity index (χ1v) is 8.08. The number of nitrogens with one attached hydrogen (secondary N) is 1. The van der Waals surface area contributed by atoms with Gasteiger partial charge in [-0.25, -0.2) is 0 Å². The molecule has 0 saturated carbocycles. The van der Waals surface area contributed by atoms with Crippen molar-refractivity contribution in [2.45, 2.75) is 78.1 Å². The maximum Gasteiger partial charge on any atom is 0.220 e. The topological polar surface area (TPSA) is 49.3 Å². The first kappa shape index (κ1) is 18.4. The summed E-state index contributed by atoms with van der Waals surface area (Å²) in [6, 6.07) is 0. The first-order chi connectivity index (χ1) is 9.20. The van der Waals surface area contributed by atoms with Crippen LogP contribution in [0.25, 0.3) is 0 Å². The molecule has 1 amide bonds. The molecule has 0 aliphatic heterocycles. The van der Waals surface area contributed by atoms with E-state index < -0.39 is 0 Å². The fourth-order valence-electron chi connectivity index (χ4n) is 2.20. The maximum absolute atomic E-state index is 11.5. The van der Waals surface area contributed by atoms with Crippen molar-refractivity contribution < 1.29 is 9.90 Å². The fourth-order valence-corrected chi connectivity index (χ4v) is 2.20. The molecule has 0 rings (SSSR count). The van der Waals surface area contributed by atoms with E-state index in [2.05, 4.69) is 12.2 Å².